The normalized spacial score (nSPS) is 12.5. The first-order valence-corrected chi connectivity index (χ1v) is 11.0. The Morgan fingerprint density at radius 1 is 1.14 bits per heavy atom. The van der Waals surface area contributed by atoms with Crippen LogP contribution in [0.4, 0.5) is 0 Å². The number of fused-ring (bicyclic) bond motifs is 1. The molecule has 29 heavy (non-hydrogen) atoms. The molecular formula is C22H29N5OS. The number of hydrogen-bond acceptors (Lipinski definition) is 5. The Morgan fingerprint density at radius 2 is 1.90 bits per heavy atom. The third-order valence-corrected chi connectivity index (χ3v) is 5.66. The SMILES string of the molecule is Cc1cc(C)n2nc(SCc3ccccc3C(=O)NC(C)CCC(C)C)nc2n1. The number of hydrogen-bond donors (Lipinski definition) is 1. The van der Waals surface area contributed by atoms with Gasteiger partial charge in [0.1, 0.15) is 0 Å². The number of rotatable bonds is 8. The van der Waals surface area contributed by atoms with Crippen LogP contribution >= 0.6 is 11.8 Å². The predicted molar refractivity (Wildman–Crippen MR) is 117 cm³/mol. The molecule has 3 aromatic rings. The van der Waals surface area contributed by atoms with Crippen LogP contribution in [0.15, 0.2) is 35.5 Å². The maximum absolute atomic E-state index is 12.8. The fourth-order valence-electron chi connectivity index (χ4n) is 3.18. The number of carbonyl (C=O) groups is 1. The molecule has 1 aromatic carbocycles. The zero-order chi connectivity index (χ0) is 21.0. The molecule has 1 amide bonds. The van der Waals surface area contributed by atoms with Crippen LogP contribution in [0.1, 0.15) is 60.9 Å². The molecule has 0 aliphatic heterocycles. The molecule has 154 valence electrons. The van der Waals surface area contributed by atoms with E-state index in [1.165, 1.54) is 11.8 Å². The van der Waals surface area contributed by atoms with Gasteiger partial charge in [-0.1, -0.05) is 43.8 Å². The van der Waals surface area contributed by atoms with Gasteiger partial charge in [0.25, 0.3) is 11.7 Å². The Bertz CT molecular complexity index is 998. The summed E-state index contributed by atoms with van der Waals surface area (Å²) >= 11 is 1.52. The topological polar surface area (TPSA) is 72.2 Å². The first kappa shape index (κ1) is 21.3. The molecule has 1 unspecified atom stereocenters. The van der Waals surface area contributed by atoms with Gasteiger partial charge in [-0.25, -0.2) is 9.50 Å². The van der Waals surface area contributed by atoms with E-state index in [9.17, 15) is 4.79 Å². The van der Waals surface area contributed by atoms with Crippen LogP contribution < -0.4 is 5.32 Å². The molecule has 1 N–H and O–H groups in total. The first-order chi connectivity index (χ1) is 13.8. The van der Waals surface area contributed by atoms with Gasteiger partial charge in [-0.2, -0.15) is 4.98 Å². The second kappa shape index (κ2) is 9.39. The summed E-state index contributed by atoms with van der Waals surface area (Å²) in [6.07, 6.45) is 2.09. The van der Waals surface area contributed by atoms with Crippen molar-refractivity contribution in [3.8, 4) is 0 Å². The second-order valence-electron chi connectivity index (χ2n) is 7.94. The number of aromatic nitrogens is 4. The number of amides is 1. The van der Waals surface area contributed by atoms with E-state index in [4.69, 9.17) is 0 Å². The minimum atomic E-state index is -0.0199. The third kappa shape index (κ3) is 5.56. The highest BCUT2D eigenvalue weighted by Crippen LogP contribution is 2.23. The molecule has 0 bridgehead atoms. The molecule has 0 aliphatic carbocycles. The predicted octanol–water partition coefficient (Wildman–Crippen LogP) is 4.59. The maximum atomic E-state index is 12.8. The maximum Gasteiger partial charge on any atom is 0.253 e. The average molecular weight is 412 g/mol. The van der Waals surface area contributed by atoms with E-state index in [1.807, 2.05) is 44.2 Å². The van der Waals surface area contributed by atoms with Crippen LogP contribution in [0.3, 0.4) is 0 Å². The highest BCUT2D eigenvalue weighted by atomic mass is 32.2. The van der Waals surface area contributed by atoms with Crippen molar-refractivity contribution in [3.05, 3.63) is 52.8 Å². The summed E-state index contributed by atoms with van der Waals surface area (Å²) in [6.45, 7) is 10.4. The van der Waals surface area contributed by atoms with Crippen molar-refractivity contribution in [1.29, 1.82) is 0 Å². The summed E-state index contributed by atoms with van der Waals surface area (Å²) in [5.74, 6) is 1.85. The fraction of sp³-hybridized carbons (Fsp3) is 0.455. The van der Waals surface area contributed by atoms with Crippen molar-refractivity contribution in [1.82, 2.24) is 24.9 Å². The Kier molecular flexibility index (Phi) is 6.90. The molecule has 2 aromatic heterocycles. The zero-order valence-corrected chi connectivity index (χ0v) is 18.6. The minimum absolute atomic E-state index is 0.0199. The van der Waals surface area contributed by atoms with Crippen LogP contribution in [0.25, 0.3) is 5.78 Å². The molecule has 0 fully saturated rings. The average Bonchev–Trinajstić information content (AvgIpc) is 3.08. The largest absolute Gasteiger partial charge is 0.350 e. The molecule has 1 atom stereocenters. The number of thioether (sulfide) groups is 1. The van der Waals surface area contributed by atoms with Crippen molar-refractivity contribution >= 4 is 23.4 Å². The highest BCUT2D eigenvalue weighted by Gasteiger charge is 2.15. The number of carbonyl (C=O) groups excluding carboxylic acids is 1. The number of nitrogens with one attached hydrogen (secondary N) is 1. The monoisotopic (exact) mass is 411 g/mol. The Labute approximate surface area is 176 Å². The van der Waals surface area contributed by atoms with E-state index in [0.717, 1.165) is 29.8 Å². The Morgan fingerprint density at radius 3 is 2.66 bits per heavy atom. The Hall–Kier alpha value is -2.41. The Balaban J connectivity index is 1.69. The van der Waals surface area contributed by atoms with E-state index in [-0.39, 0.29) is 11.9 Å². The molecule has 0 aliphatic rings. The lowest BCUT2D eigenvalue weighted by atomic mass is 10.0. The van der Waals surface area contributed by atoms with Gasteiger partial charge in [0.2, 0.25) is 5.16 Å². The zero-order valence-electron chi connectivity index (χ0n) is 17.8. The van der Waals surface area contributed by atoms with Gasteiger partial charge in [0.15, 0.2) is 0 Å². The van der Waals surface area contributed by atoms with Crippen LogP contribution in [-0.4, -0.2) is 31.5 Å². The highest BCUT2D eigenvalue weighted by molar-refractivity contribution is 7.98. The van der Waals surface area contributed by atoms with Crippen molar-refractivity contribution in [3.63, 3.8) is 0 Å². The van der Waals surface area contributed by atoms with Crippen molar-refractivity contribution in [2.75, 3.05) is 0 Å². The number of nitrogens with zero attached hydrogens (tertiary/aromatic N) is 4. The molecule has 0 spiro atoms. The first-order valence-electron chi connectivity index (χ1n) is 10.1. The lowest BCUT2D eigenvalue weighted by Crippen LogP contribution is -2.33. The van der Waals surface area contributed by atoms with E-state index in [1.54, 1.807) is 4.52 Å². The van der Waals surface area contributed by atoms with Crippen molar-refractivity contribution in [2.24, 2.45) is 5.92 Å². The molecule has 0 radical (unpaired) electrons. The van der Waals surface area contributed by atoms with Gasteiger partial charge >= 0.3 is 0 Å². The van der Waals surface area contributed by atoms with Gasteiger partial charge in [-0.15, -0.1) is 5.10 Å². The lowest BCUT2D eigenvalue weighted by molar-refractivity contribution is 0.0936. The third-order valence-electron chi connectivity index (χ3n) is 4.77. The van der Waals surface area contributed by atoms with Crippen molar-refractivity contribution in [2.45, 2.75) is 64.4 Å². The van der Waals surface area contributed by atoms with Crippen LogP contribution in [0.5, 0.6) is 0 Å². The fourth-order valence-corrected chi connectivity index (χ4v) is 4.00. The molecule has 6 nitrogen and oxygen atoms in total. The van der Waals surface area contributed by atoms with E-state index >= 15 is 0 Å². The van der Waals surface area contributed by atoms with E-state index in [0.29, 0.717) is 28.2 Å². The summed E-state index contributed by atoms with van der Waals surface area (Å²) in [5.41, 5.74) is 3.62. The molecule has 3 rings (SSSR count). The summed E-state index contributed by atoms with van der Waals surface area (Å²) in [4.78, 5) is 21.7. The number of benzene rings is 1. The van der Waals surface area contributed by atoms with Crippen LogP contribution in [0, 0.1) is 19.8 Å². The number of aryl methyl sites for hydroxylation is 2. The molecule has 7 heteroatoms. The van der Waals surface area contributed by atoms with E-state index in [2.05, 4.69) is 41.2 Å². The lowest BCUT2D eigenvalue weighted by Gasteiger charge is -2.16. The molecule has 2 heterocycles. The van der Waals surface area contributed by atoms with Gasteiger partial charge in [0, 0.05) is 28.7 Å². The standard InChI is InChI=1S/C22H29N5OS/c1-14(2)10-11-15(3)23-20(28)19-9-7-6-8-18(19)13-29-22-25-21-24-16(4)12-17(5)27(21)26-22/h6-9,12,14-15H,10-11,13H2,1-5H3,(H,23,28). The van der Waals surface area contributed by atoms with Gasteiger partial charge in [0.05, 0.1) is 0 Å². The summed E-state index contributed by atoms with van der Waals surface area (Å²) < 4.78 is 1.75. The molecule has 0 saturated carbocycles. The summed E-state index contributed by atoms with van der Waals surface area (Å²) in [5, 5.41) is 8.33. The van der Waals surface area contributed by atoms with Crippen LogP contribution in [-0.2, 0) is 5.75 Å². The van der Waals surface area contributed by atoms with Crippen LogP contribution in [0.2, 0.25) is 0 Å². The smallest absolute Gasteiger partial charge is 0.253 e. The van der Waals surface area contributed by atoms with Gasteiger partial charge in [-0.3, -0.25) is 4.79 Å². The van der Waals surface area contributed by atoms with Crippen molar-refractivity contribution < 1.29 is 4.79 Å². The summed E-state index contributed by atoms with van der Waals surface area (Å²) in [7, 11) is 0. The molecule has 0 saturated heterocycles. The summed E-state index contributed by atoms with van der Waals surface area (Å²) in [6, 6.07) is 9.87. The minimum Gasteiger partial charge on any atom is -0.350 e. The van der Waals surface area contributed by atoms with Gasteiger partial charge < -0.3 is 5.32 Å². The second-order valence-corrected chi connectivity index (χ2v) is 8.88. The molecular weight excluding hydrogens is 382 g/mol. The van der Waals surface area contributed by atoms with Gasteiger partial charge in [-0.05, 0) is 57.2 Å². The van der Waals surface area contributed by atoms with E-state index < -0.39 is 0 Å². The quantitative estimate of drug-likeness (QED) is 0.549.